The third-order valence-electron chi connectivity index (χ3n) is 3.01. The Hall–Kier alpha value is -2.31. The van der Waals surface area contributed by atoms with Gasteiger partial charge in [0.1, 0.15) is 0 Å². The average Bonchev–Trinajstić information content (AvgIpc) is 3.05. The lowest BCUT2D eigenvalue weighted by Gasteiger charge is -2.12. The second-order valence-corrected chi connectivity index (χ2v) is 5.89. The fourth-order valence-electron chi connectivity index (χ4n) is 1.83. The molecule has 0 unspecified atom stereocenters. The molecule has 7 heteroatoms. The van der Waals surface area contributed by atoms with Crippen molar-refractivity contribution in [3.05, 3.63) is 59.4 Å². The molecule has 0 saturated carbocycles. The van der Waals surface area contributed by atoms with Crippen molar-refractivity contribution in [3.63, 3.8) is 0 Å². The molecule has 0 aliphatic heterocycles. The zero-order valence-electron chi connectivity index (χ0n) is 11.6. The van der Waals surface area contributed by atoms with Gasteiger partial charge in [-0.3, -0.25) is 14.7 Å². The van der Waals surface area contributed by atoms with Crippen molar-refractivity contribution in [2.75, 3.05) is 11.9 Å². The van der Waals surface area contributed by atoms with E-state index < -0.39 is 0 Å². The van der Waals surface area contributed by atoms with Gasteiger partial charge in [-0.25, -0.2) is 0 Å². The third kappa shape index (κ3) is 2.98. The summed E-state index contributed by atoms with van der Waals surface area (Å²) in [6, 6.07) is 10.5. The van der Waals surface area contributed by atoms with Crippen molar-refractivity contribution in [1.82, 2.24) is 15.2 Å². The number of rotatable bonds is 3. The van der Waals surface area contributed by atoms with Crippen LogP contribution in [0.5, 0.6) is 0 Å². The van der Waals surface area contributed by atoms with E-state index in [1.807, 2.05) is 12.1 Å². The number of carbonyl (C=O) groups excluding carboxylic acids is 1. The molecule has 2 aromatic heterocycles. The number of pyridine rings is 1. The summed E-state index contributed by atoms with van der Waals surface area (Å²) in [5.74, 6) is -0.162. The van der Waals surface area contributed by atoms with Crippen LogP contribution in [0.25, 0.3) is 10.6 Å². The smallest absolute Gasteiger partial charge is 0.259 e. The molecule has 22 heavy (non-hydrogen) atoms. The second kappa shape index (κ2) is 6.21. The summed E-state index contributed by atoms with van der Waals surface area (Å²) >= 11 is 7.17. The molecule has 0 saturated heterocycles. The SMILES string of the molecule is CN(C(=O)c1ccc(Cl)cc1)c1nnc(-c2cccnc2)s1. The molecule has 1 aromatic carbocycles. The molecule has 0 atom stereocenters. The van der Waals surface area contributed by atoms with Gasteiger partial charge in [-0.2, -0.15) is 0 Å². The van der Waals surface area contributed by atoms with Gasteiger partial charge in [-0.1, -0.05) is 22.9 Å². The van der Waals surface area contributed by atoms with Crippen molar-refractivity contribution < 1.29 is 4.79 Å². The van der Waals surface area contributed by atoms with E-state index in [0.29, 0.717) is 15.7 Å². The molecule has 0 radical (unpaired) electrons. The van der Waals surface area contributed by atoms with Crippen molar-refractivity contribution in [2.24, 2.45) is 0 Å². The number of nitrogens with zero attached hydrogens (tertiary/aromatic N) is 4. The number of carbonyl (C=O) groups is 1. The molecule has 0 aliphatic carbocycles. The van der Waals surface area contributed by atoms with Gasteiger partial charge < -0.3 is 0 Å². The van der Waals surface area contributed by atoms with Crippen molar-refractivity contribution in [2.45, 2.75) is 0 Å². The summed E-state index contributed by atoms with van der Waals surface area (Å²) in [6.45, 7) is 0. The van der Waals surface area contributed by atoms with E-state index >= 15 is 0 Å². The summed E-state index contributed by atoms with van der Waals surface area (Å²) in [6.07, 6.45) is 3.41. The largest absolute Gasteiger partial charge is 0.286 e. The second-order valence-electron chi connectivity index (χ2n) is 4.50. The van der Waals surface area contributed by atoms with Gasteiger partial charge in [-0.15, -0.1) is 10.2 Å². The number of hydrogen-bond donors (Lipinski definition) is 0. The molecule has 5 nitrogen and oxygen atoms in total. The van der Waals surface area contributed by atoms with Crippen LogP contribution >= 0.6 is 22.9 Å². The molecule has 0 spiro atoms. The Morgan fingerprint density at radius 1 is 1.18 bits per heavy atom. The molecule has 3 aromatic rings. The predicted molar refractivity (Wildman–Crippen MR) is 87.3 cm³/mol. The summed E-state index contributed by atoms with van der Waals surface area (Å²) < 4.78 is 0. The van der Waals surface area contributed by atoms with Crippen molar-refractivity contribution >= 4 is 34.0 Å². The fourth-order valence-corrected chi connectivity index (χ4v) is 2.75. The van der Waals surface area contributed by atoms with E-state index in [2.05, 4.69) is 15.2 Å². The highest BCUT2D eigenvalue weighted by atomic mass is 35.5. The van der Waals surface area contributed by atoms with Gasteiger partial charge in [0.25, 0.3) is 5.91 Å². The molecular weight excluding hydrogens is 320 g/mol. The molecule has 3 rings (SSSR count). The van der Waals surface area contributed by atoms with Crippen LogP contribution < -0.4 is 4.90 Å². The van der Waals surface area contributed by atoms with E-state index in [9.17, 15) is 4.79 Å². The number of amides is 1. The summed E-state index contributed by atoms with van der Waals surface area (Å²) in [5.41, 5.74) is 1.42. The molecule has 0 bridgehead atoms. The first-order chi connectivity index (χ1) is 10.6. The minimum Gasteiger partial charge on any atom is -0.286 e. The first-order valence-corrected chi connectivity index (χ1v) is 7.62. The summed E-state index contributed by atoms with van der Waals surface area (Å²) in [4.78, 5) is 17.9. The van der Waals surface area contributed by atoms with E-state index in [-0.39, 0.29) is 5.91 Å². The highest BCUT2D eigenvalue weighted by Gasteiger charge is 2.18. The quantitative estimate of drug-likeness (QED) is 0.737. The molecule has 0 fully saturated rings. The predicted octanol–water partition coefficient (Wildman–Crippen LogP) is 3.53. The Labute approximate surface area is 136 Å². The third-order valence-corrected chi connectivity index (χ3v) is 4.31. The summed E-state index contributed by atoms with van der Waals surface area (Å²) in [5, 5.41) is 10.0. The first-order valence-electron chi connectivity index (χ1n) is 6.42. The van der Waals surface area contributed by atoms with E-state index in [0.717, 1.165) is 10.6 Å². The molecular formula is C15H11ClN4OS. The maximum Gasteiger partial charge on any atom is 0.259 e. The molecule has 1 amide bonds. The molecule has 0 N–H and O–H groups in total. The van der Waals surface area contributed by atoms with Crippen LogP contribution in [0.1, 0.15) is 10.4 Å². The minimum atomic E-state index is -0.162. The van der Waals surface area contributed by atoms with Crippen molar-refractivity contribution in [3.8, 4) is 10.6 Å². The van der Waals surface area contributed by atoms with Crippen LogP contribution in [-0.4, -0.2) is 28.1 Å². The van der Waals surface area contributed by atoms with E-state index in [4.69, 9.17) is 11.6 Å². The lowest BCUT2D eigenvalue weighted by molar-refractivity contribution is 0.0993. The minimum absolute atomic E-state index is 0.162. The Bertz CT molecular complexity index is 789. The van der Waals surface area contributed by atoms with Gasteiger partial charge in [0, 0.05) is 35.6 Å². The lowest BCUT2D eigenvalue weighted by atomic mass is 10.2. The van der Waals surface area contributed by atoms with Gasteiger partial charge in [-0.05, 0) is 36.4 Å². The van der Waals surface area contributed by atoms with Gasteiger partial charge in [0.15, 0.2) is 5.01 Å². The zero-order valence-corrected chi connectivity index (χ0v) is 13.2. The number of hydrogen-bond acceptors (Lipinski definition) is 5. The van der Waals surface area contributed by atoms with Crippen LogP contribution in [-0.2, 0) is 0 Å². The highest BCUT2D eigenvalue weighted by molar-refractivity contribution is 7.18. The Morgan fingerprint density at radius 3 is 2.64 bits per heavy atom. The number of aromatic nitrogens is 3. The summed E-state index contributed by atoms with van der Waals surface area (Å²) in [7, 11) is 1.67. The van der Waals surface area contributed by atoms with E-state index in [1.54, 1.807) is 43.7 Å². The van der Waals surface area contributed by atoms with Crippen LogP contribution in [0.2, 0.25) is 5.02 Å². The van der Waals surface area contributed by atoms with Gasteiger partial charge in [0.05, 0.1) is 0 Å². The Morgan fingerprint density at radius 2 is 1.95 bits per heavy atom. The lowest BCUT2D eigenvalue weighted by Crippen LogP contribution is -2.26. The highest BCUT2D eigenvalue weighted by Crippen LogP contribution is 2.28. The number of halogens is 1. The normalized spacial score (nSPS) is 10.5. The first kappa shape index (κ1) is 14.6. The van der Waals surface area contributed by atoms with Gasteiger partial charge in [0.2, 0.25) is 5.13 Å². The molecule has 2 heterocycles. The maximum absolute atomic E-state index is 12.4. The van der Waals surface area contributed by atoms with Crippen LogP contribution in [0, 0.1) is 0 Å². The van der Waals surface area contributed by atoms with E-state index in [1.165, 1.54) is 16.2 Å². The monoisotopic (exact) mass is 330 g/mol. The standard InChI is InChI=1S/C15H11ClN4OS/c1-20(14(21)10-4-6-12(16)7-5-10)15-19-18-13(22-15)11-3-2-8-17-9-11/h2-9H,1H3. The topological polar surface area (TPSA) is 59.0 Å². The number of anilines is 1. The fraction of sp³-hybridized carbons (Fsp3) is 0.0667. The van der Waals surface area contributed by atoms with Crippen molar-refractivity contribution in [1.29, 1.82) is 0 Å². The van der Waals surface area contributed by atoms with Crippen LogP contribution in [0.3, 0.4) is 0 Å². The zero-order chi connectivity index (χ0) is 15.5. The molecule has 110 valence electrons. The van der Waals surface area contributed by atoms with Gasteiger partial charge >= 0.3 is 0 Å². The van der Waals surface area contributed by atoms with Crippen LogP contribution in [0.4, 0.5) is 5.13 Å². The average molecular weight is 331 g/mol. The Balaban J connectivity index is 1.83. The maximum atomic E-state index is 12.4. The van der Waals surface area contributed by atoms with Crippen LogP contribution in [0.15, 0.2) is 48.8 Å². The molecule has 0 aliphatic rings. The Kier molecular flexibility index (Phi) is 4.13. The number of benzene rings is 1.